The van der Waals surface area contributed by atoms with Gasteiger partial charge in [-0.25, -0.2) is 0 Å². The van der Waals surface area contributed by atoms with Crippen LogP contribution >= 0.6 is 11.8 Å². The molecule has 3 rings (SSSR count). The lowest BCUT2D eigenvalue weighted by molar-refractivity contribution is -0.113. The number of amides is 1. The van der Waals surface area contributed by atoms with Crippen LogP contribution in [0.5, 0.6) is 5.75 Å². The largest absolute Gasteiger partial charge is 0.491 e. The number of anilines is 1. The van der Waals surface area contributed by atoms with Crippen molar-refractivity contribution < 1.29 is 14.3 Å². The second kappa shape index (κ2) is 9.64. The minimum absolute atomic E-state index is 0.00149. The highest BCUT2D eigenvalue weighted by molar-refractivity contribution is 7.99. The van der Waals surface area contributed by atoms with Crippen LogP contribution in [0.25, 0.3) is 0 Å². The summed E-state index contributed by atoms with van der Waals surface area (Å²) in [5, 5.41) is 2.93. The molecule has 1 aliphatic rings. The lowest BCUT2D eigenvalue weighted by Crippen LogP contribution is -2.17. The first-order valence-electron chi connectivity index (χ1n) is 8.96. The number of rotatable bonds is 8. The van der Waals surface area contributed by atoms with Gasteiger partial charge < -0.3 is 14.8 Å². The second-order valence-electron chi connectivity index (χ2n) is 6.50. The minimum Gasteiger partial charge on any atom is -0.491 e. The molecule has 1 fully saturated rings. The van der Waals surface area contributed by atoms with E-state index in [1.165, 1.54) is 11.1 Å². The fraction of sp³-hybridized carbons (Fsp3) is 0.381. The molecule has 138 valence electrons. The predicted molar refractivity (Wildman–Crippen MR) is 107 cm³/mol. The Morgan fingerprint density at radius 1 is 1.27 bits per heavy atom. The molecule has 1 atom stereocenters. The van der Waals surface area contributed by atoms with Crippen LogP contribution in [0, 0.1) is 6.92 Å². The average molecular weight is 372 g/mol. The van der Waals surface area contributed by atoms with Gasteiger partial charge in [0.1, 0.15) is 12.4 Å². The normalized spacial score (nSPS) is 16.4. The zero-order valence-electron chi connectivity index (χ0n) is 15.1. The molecule has 0 spiro atoms. The molecule has 5 heteroatoms. The molecule has 2 aromatic carbocycles. The van der Waals surface area contributed by atoms with E-state index >= 15 is 0 Å². The van der Waals surface area contributed by atoms with Gasteiger partial charge in [0.15, 0.2) is 0 Å². The number of aryl methyl sites for hydroxylation is 1. The first-order valence-corrected chi connectivity index (χ1v) is 10.1. The van der Waals surface area contributed by atoms with Crippen molar-refractivity contribution in [2.45, 2.75) is 31.6 Å². The van der Waals surface area contributed by atoms with E-state index in [1.54, 1.807) is 11.8 Å². The smallest absolute Gasteiger partial charge is 0.234 e. The molecule has 2 aromatic rings. The minimum atomic E-state index is -0.00149. The van der Waals surface area contributed by atoms with Gasteiger partial charge in [0, 0.05) is 24.1 Å². The highest BCUT2D eigenvalue weighted by Crippen LogP contribution is 2.20. The van der Waals surface area contributed by atoms with Crippen LogP contribution in [0.2, 0.25) is 0 Å². The van der Waals surface area contributed by atoms with Gasteiger partial charge in [0.2, 0.25) is 5.91 Å². The van der Waals surface area contributed by atoms with Gasteiger partial charge in [0.05, 0.1) is 11.9 Å². The van der Waals surface area contributed by atoms with Gasteiger partial charge in [-0.2, -0.15) is 0 Å². The van der Waals surface area contributed by atoms with E-state index in [-0.39, 0.29) is 12.0 Å². The summed E-state index contributed by atoms with van der Waals surface area (Å²) in [5.74, 6) is 2.01. The summed E-state index contributed by atoms with van der Waals surface area (Å²) in [6, 6.07) is 15.9. The summed E-state index contributed by atoms with van der Waals surface area (Å²) >= 11 is 1.61. The zero-order valence-corrected chi connectivity index (χ0v) is 15.9. The molecule has 1 unspecified atom stereocenters. The molecule has 0 radical (unpaired) electrons. The average Bonchev–Trinajstić information content (AvgIpc) is 3.16. The van der Waals surface area contributed by atoms with E-state index in [1.807, 2.05) is 24.3 Å². The lowest BCUT2D eigenvalue weighted by atomic mass is 10.2. The van der Waals surface area contributed by atoms with Gasteiger partial charge in [0.25, 0.3) is 0 Å². The number of nitrogens with one attached hydrogen (secondary N) is 1. The molecule has 4 nitrogen and oxygen atoms in total. The zero-order chi connectivity index (χ0) is 18.2. The number of hydrogen-bond acceptors (Lipinski definition) is 4. The Balaban J connectivity index is 1.41. The molecule has 1 heterocycles. The Hall–Kier alpha value is -1.98. The van der Waals surface area contributed by atoms with E-state index in [0.29, 0.717) is 12.4 Å². The van der Waals surface area contributed by atoms with Crippen molar-refractivity contribution in [3.8, 4) is 5.75 Å². The Kier molecular flexibility index (Phi) is 6.97. The molecule has 1 aliphatic heterocycles. The summed E-state index contributed by atoms with van der Waals surface area (Å²) < 4.78 is 11.3. The number of carbonyl (C=O) groups excluding carboxylic acids is 1. The van der Waals surface area contributed by atoms with Crippen LogP contribution in [-0.4, -0.2) is 31.0 Å². The van der Waals surface area contributed by atoms with Gasteiger partial charge >= 0.3 is 0 Å². The van der Waals surface area contributed by atoms with Gasteiger partial charge in [-0.05, 0) is 37.5 Å². The van der Waals surface area contributed by atoms with Gasteiger partial charge in [-0.3, -0.25) is 4.79 Å². The molecule has 0 aliphatic carbocycles. The van der Waals surface area contributed by atoms with Crippen molar-refractivity contribution in [2.24, 2.45) is 0 Å². The van der Waals surface area contributed by atoms with Crippen molar-refractivity contribution in [1.29, 1.82) is 0 Å². The van der Waals surface area contributed by atoms with Gasteiger partial charge in [-0.1, -0.05) is 35.9 Å². The fourth-order valence-electron chi connectivity index (χ4n) is 2.77. The molecule has 0 bridgehead atoms. The van der Waals surface area contributed by atoms with Crippen LogP contribution < -0.4 is 10.1 Å². The maximum absolute atomic E-state index is 12.1. The van der Waals surface area contributed by atoms with E-state index in [4.69, 9.17) is 9.47 Å². The third-order valence-corrected chi connectivity index (χ3v) is 5.20. The van der Waals surface area contributed by atoms with E-state index < -0.39 is 0 Å². The summed E-state index contributed by atoms with van der Waals surface area (Å²) in [7, 11) is 0. The Morgan fingerprint density at radius 3 is 2.88 bits per heavy atom. The third-order valence-electron chi connectivity index (χ3n) is 4.20. The molecule has 0 saturated carbocycles. The fourth-order valence-corrected chi connectivity index (χ4v) is 3.56. The first kappa shape index (κ1) is 18.8. The van der Waals surface area contributed by atoms with Crippen LogP contribution in [0.15, 0.2) is 48.5 Å². The molecular weight excluding hydrogens is 346 g/mol. The van der Waals surface area contributed by atoms with Crippen LogP contribution in [0.3, 0.4) is 0 Å². The second-order valence-corrected chi connectivity index (χ2v) is 7.49. The maximum Gasteiger partial charge on any atom is 0.234 e. The predicted octanol–water partition coefficient (Wildman–Crippen LogP) is 4.42. The molecule has 1 amide bonds. The van der Waals surface area contributed by atoms with Gasteiger partial charge in [-0.15, -0.1) is 11.8 Å². The van der Waals surface area contributed by atoms with Crippen molar-refractivity contribution in [3.63, 3.8) is 0 Å². The topological polar surface area (TPSA) is 47.6 Å². The van der Waals surface area contributed by atoms with Crippen molar-refractivity contribution in [3.05, 3.63) is 59.7 Å². The molecule has 0 aromatic heterocycles. The highest BCUT2D eigenvalue weighted by Gasteiger charge is 2.16. The summed E-state index contributed by atoms with van der Waals surface area (Å²) in [4.78, 5) is 12.1. The lowest BCUT2D eigenvalue weighted by Gasteiger charge is -2.12. The summed E-state index contributed by atoms with van der Waals surface area (Å²) in [6.07, 6.45) is 2.34. The van der Waals surface area contributed by atoms with E-state index in [9.17, 15) is 4.79 Å². The number of ether oxygens (including phenoxy) is 2. The summed E-state index contributed by atoms with van der Waals surface area (Å²) in [5.41, 5.74) is 3.24. The van der Waals surface area contributed by atoms with Crippen molar-refractivity contribution >= 4 is 23.4 Å². The SMILES string of the molecule is Cc1ccc(CSCC(=O)Nc2cccc(OCC3CCCO3)c2)cc1. The number of thioether (sulfide) groups is 1. The number of benzene rings is 2. The molecular formula is C21H25NO3S. The van der Waals surface area contributed by atoms with E-state index in [0.717, 1.165) is 36.6 Å². The number of hydrogen-bond donors (Lipinski definition) is 1. The standard InChI is InChI=1S/C21H25NO3S/c1-16-7-9-17(10-8-16)14-26-15-21(23)22-18-4-2-5-19(12-18)25-13-20-6-3-11-24-20/h2,4-5,7-10,12,20H,3,6,11,13-15H2,1H3,(H,22,23). The molecule has 1 N–H and O–H groups in total. The summed E-state index contributed by atoms with van der Waals surface area (Å²) in [6.45, 7) is 3.46. The molecule has 26 heavy (non-hydrogen) atoms. The Labute approximate surface area is 159 Å². The van der Waals surface area contributed by atoms with Crippen LogP contribution in [0.4, 0.5) is 5.69 Å². The first-order chi connectivity index (χ1) is 12.7. The number of carbonyl (C=O) groups is 1. The Bertz CT molecular complexity index is 711. The van der Waals surface area contributed by atoms with Crippen LogP contribution in [-0.2, 0) is 15.3 Å². The van der Waals surface area contributed by atoms with Crippen molar-refractivity contribution in [2.75, 3.05) is 24.3 Å². The van der Waals surface area contributed by atoms with Crippen LogP contribution in [0.1, 0.15) is 24.0 Å². The third kappa shape index (κ3) is 6.07. The Morgan fingerprint density at radius 2 is 2.12 bits per heavy atom. The molecule has 1 saturated heterocycles. The van der Waals surface area contributed by atoms with E-state index in [2.05, 4.69) is 36.5 Å². The van der Waals surface area contributed by atoms with Crippen molar-refractivity contribution in [1.82, 2.24) is 0 Å². The quantitative estimate of drug-likeness (QED) is 0.746. The highest BCUT2D eigenvalue weighted by atomic mass is 32.2. The monoisotopic (exact) mass is 371 g/mol. The maximum atomic E-state index is 12.1.